The van der Waals surface area contributed by atoms with Gasteiger partial charge in [0.2, 0.25) is 0 Å². The molecule has 0 bridgehead atoms. The topological polar surface area (TPSA) is 95.0 Å². The molecular formula is C20H21N3O3. The van der Waals surface area contributed by atoms with Crippen molar-refractivity contribution < 1.29 is 9.53 Å². The van der Waals surface area contributed by atoms with Gasteiger partial charge in [0.1, 0.15) is 17.4 Å². The predicted octanol–water partition coefficient (Wildman–Crippen LogP) is 2.51. The number of carbonyl (C=O) groups excluding carboxylic acids is 1. The van der Waals surface area contributed by atoms with Crippen LogP contribution in [0.2, 0.25) is 0 Å². The first-order valence-corrected chi connectivity index (χ1v) is 8.44. The summed E-state index contributed by atoms with van der Waals surface area (Å²) in [5, 5.41) is 12.1. The Morgan fingerprint density at radius 2 is 2.08 bits per heavy atom. The average molecular weight is 351 g/mol. The van der Waals surface area contributed by atoms with E-state index in [-0.39, 0.29) is 18.0 Å². The monoisotopic (exact) mass is 351 g/mol. The van der Waals surface area contributed by atoms with E-state index in [0.717, 1.165) is 16.8 Å². The van der Waals surface area contributed by atoms with E-state index in [2.05, 4.69) is 16.4 Å². The van der Waals surface area contributed by atoms with Gasteiger partial charge in [-0.1, -0.05) is 0 Å². The summed E-state index contributed by atoms with van der Waals surface area (Å²) >= 11 is 0. The average Bonchev–Trinajstić information content (AvgIpc) is 2.86. The third-order valence-corrected chi connectivity index (χ3v) is 4.46. The first-order chi connectivity index (χ1) is 12.2. The molecule has 0 spiro atoms. The fraction of sp³-hybridized carbons (Fsp3) is 0.350. The number of benzene rings is 1. The third kappa shape index (κ3) is 3.33. The highest BCUT2D eigenvalue weighted by atomic mass is 16.5. The number of aromatic nitrogens is 1. The first kappa shape index (κ1) is 17.7. The number of nitriles is 1. The second-order valence-electron chi connectivity index (χ2n) is 7.29. The zero-order valence-electron chi connectivity index (χ0n) is 15.3. The smallest absolute Gasteiger partial charge is 0.253 e. The molecule has 2 N–H and O–H groups in total. The molecule has 1 aromatic carbocycles. The minimum absolute atomic E-state index is 0.126. The number of amides is 1. The molecule has 0 unspecified atom stereocenters. The van der Waals surface area contributed by atoms with Crippen molar-refractivity contribution in [2.24, 2.45) is 0 Å². The number of hydrogen-bond donors (Lipinski definition) is 2. The van der Waals surface area contributed by atoms with E-state index in [0.29, 0.717) is 28.9 Å². The standard InChI is InChI=1S/C20H21N3O3/c1-11-5-12(2)23-19(25)16(11)10-22-18(24)13-6-14-8-20(3,4)26-17(14)15(7-13)9-21/h5-7H,8,10H2,1-4H3,(H,22,24)(H,23,25). The molecule has 1 amide bonds. The van der Waals surface area contributed by atoms with Crippen LogP contribution in [0.1, 0.15) is 52.2 Å². The van der Waals surface area contributed by atoms with Gasteiger partial charge in [-0.15, -0.1) is 0 Å². The fourth-order valence-electron chi connectivity index (χ4n) is 3.30. The highest BCUT2D eigenvalue weighted by molar-refractivity contribution is 5.95. The van der Waals surface area contributed by atoms with Gasteiger partial charge in [-0.2, -0.15) is 5.26 Å². The van der Waals surface area contributed by atoms with Crippen LogP contribution in [0.15, 0.2) is 23.0 Å². The second-order valence-corrected chi connectivity index (χ2v) is 7.29. The van der Waals surface area contributed by atoms with Gasteiger partial charge in [-0.25, -0.2) is 0 Å². The van der Waals surface area contributed by atoms with Gasteiger partial charge in [0.15, 0.2) is 0 Å². The number of pyridine rings is 1. The Bertz CT molecular complexity index is 997. The molecule has 134 valence electrons. The van der Waals surface area contributed by atoms with Gasteiger partial charge in [-0.3, -0.25) is 9.59 Å². The normalized spacial score (nSPS) is 14.3. The van der Waals surface area contributed by atoms with Crippen LogP contribution >= 0.6 is 0 Å². The lowest BCUT2D eigenvalue weighted by Crippen LogP contribution is -2.28. The summed E-state index contributed by atoms with van der Waals surface area (Å²) in [5.74, 6) is 0.230. The summed E-state index contributed by atoms with van der Waals surface area (Å²) in [6.07, 6.45) is 0.634. The number of H-pyrrole nitrogens is 1. The number of nitrogens with one attached hydrogen (secondary N) is 2. The molecule has 0 atom stereocenters. The van der Waals surface area contributed by atoms with Crippen LogP contribution < -0.4 is 15.6 Å². The lowest BCUT2D eigenvalue weighted by atomic mass is 9.98. The van der Waals surface area contributed by atoms with Gasteiger partial charge in [0.25, 0.3) is 11.5 Å². The van der Waals surface area contributed by atoms with Crippen molar-refractivity contribution in [2.75, 3.05) is 0 Å². The summed E-state index contributed by atoms with van der Waals surface area (Å²) in [4.78, 5) is 27.4. The number of hydrogen-bond acceptors (Lipinski definition) is 4. The number of aryl methyl sites for hydroxylation is 2. The zero-order valence-corrected chi connectivity index (χ0v) is 15.3. The molecule has 0 radical (unpaired) electrons. The molecule has 26 heavy (non-hydrogen) atoms. The number of fused-ring (bicyclic) bond motifs is 1. The van der Waals surface area contributed by atoms with Crippen LogP contribution in [0.25, 0.3) is 0 Å². The molecule has 6 heteroatoms. The molecular weight excluding hydrogens is 330 g/mol. The predicted molar refractivity (Wildman–Crippen MR) is 97.3 cm³/mol. The molecule has 1 aromatic heterocycles. The van der Waals surface area contributed by atoms with Crippen molar-refractivity contribution in [3.8, 4) is 11.8 Å². The van der Waals surface area contributed by atoms with Gasteiger partial charge in [0.05, 0.1) is 5.56 Å². The first-order valence-electron chi connectivity index (χ1n) is 8.44. The van der Waals surface area contributed by atoms with Crippen LogP contribution in [-0.2, 0) is 13.0 Å². The Kier molecular flexibility index (Phi) is 4.33. The lowest BCUT2D eigenvalue weighted by molar-refractivity contribution is 0.0950. The Morgan fingerprint density at radius 1 is 1.35 bits per heavy atom. The molecule has 6 nitrogen and oxygen atoms in total. The van der Waals surface area contributed by atoms with E-state index >= 15 is 0 Å². The maximum Gasteiger partial charge on any atom is 0.253 e. The number of carbonyl (C=O) groups is 1. The number of ether oxygens (including phenoxy) is 1. The van der Waals surface area contributed by atoms with Gasteiger partial charge < -0.3 is 15.0 Å². The van der Waals surface area contributed by atoms with Crippen LogP contribution in [0.3, 0.4) is 0 Å². The quantitative estimate of drug-likeness (QED) is 0.888. The molecule has 0 saturated carbocycles. The van der Waals surface area contributed by atoms with Gasteiger partial charge >= 0.3 is 0 Å². The fourth-order valence-corrected chi connectivity index (χ4v) is 3.30. The molecule has 2 aromatic rings. The van der Waals surface area contributed by atoms with Crippen molar-refractivity contribution >= 4 is 5.91 Å². The summed E-state index contributed by atoms with van der Waals surface area (Å²) in [7, 11) is 0. The van der Waals surface area contributed by atoms with E-state index in [1.165, 1.54) is 6.07 Å². The summed E-state index contributed by atoms with van der Waals surface area (Å²) in [6.45, 7) is 7.67. The largest absolute Gasteiger partial charge is 0.486 e. The molecule has 0 fully saturated rings. The van der Waals surface area contributed by atoms with Gasteiger partial charge in [-0.05, 0) is 51.5 Å². The van der Waals surface area contributed by atoms with Crippen LogP contribution in [0.4, 0.5) is 0 Å². The molecule has 1 aliphatic heterocycles. The summed E-state index contributed by atoms with van der Waals surface area (Å²) in [5.41, 5.74) is 3.12. The lowest BCUT2D eigenvalue weighted by Gasteiger charge is -2.17. The molecule has 0 saturated heterocycles. The molecule has 3 rings (SSSR count). The minimum atomic E-state index is -0.394. The van der Waals surface area contributed by atoms with Gasteiger partial charge in [0, 0.05) is 35.3 Å². The molecule has 1 aliphatic rings. The second kappa shape index (κ2) is 6.34. The molecule has 0 aliphatic carbocycles. The summed E-state index contributed by atoms with van der Waals surface area (Å²) in [6, 6.07) is 7.25. The van der Waals surface area contributed by atoms with Crippen LogP contribution in [0.5, 0.6) is 5.75 Å². The Labute approximate surface area is 151 Å². The van der Waals surface area contributed by atoms with E-state index in [9.17, 15) is 14.9 Å². The zero-order chi connectivity index (χ0) is 19.1. The maximum absolute atomic E-state index is 12.6. The SMILES string of the molecule is Cc1cc(C)c(CNC(=O)c2cc(C#N)c3c(c2)CC(C)(C)O3)c(=O)[nH]1. The van der Waals surface area contributed by atoms with Crippen LogP contribution in [0, 0.1) is 25.2 Å². The Morgan fingerprint density at radius 3 is 2.73 bits per heavy atom. The van der Waals surface area contributed by atoms with E-state index < -0.39 is 5.60 Å². The Balaban J connectivity index is 1.84. The minimum Gasteiger partial charge on any atom is -0.486 e. The highest BCUT2D eigenvalue weighted by Gasteiger charge is 2.33. The van der Waals surface area contributed by atoms with E-state index in [1.54, 1.807) is 6.07 Å². The van der Waals surface area contributed by atoms with Crippen molar-refractivity contribution in [3.63, 3.8) is 0 Å². The van der Waals surface area contributed by atoms with Crippen LogP contribution in [-0.4, -0.2) is 16.5 Å². The highest BCUT2D eigenvalue weighted by Crippen LogP contribution is 2.38. The van der Waals surface area contributed by atoms with Crippen molar-refractivity contribution in [2.45, 2.75) is 46.3 Å². The Hall–Kier alpha value is -3.07. The van der Waals surface area contributed by atoms with E-state index in [4.69, 9.17) is 4.74 Å². The van der Waals surface area contributed by atoms with E-state index in [1.807, 2.05) is 33.8 Å². The summed E-state index contributed by atoms with van der Waals surface area (Å²) < 4.78 is 5.82. The number of aromatic amines is 1. The van der Waals surface area contributed by atoms with Crippen molar-refractivity contribution in [1.82, 2.24) is 10.3 Å². The third-order valence-electron chi connectivity index (χ3n) is 4.46. The van der Waals surface area contributed by atoms with Crippen molar-refractivity contribution in [3.05, 3.63) is 62.1 Å². The van der Waals surface area contributed by atoms with Crippen molar-refractivity contribution in [1.29, 1.82) is 5.26 Å². The molecule has 2 heterocycles. The number of rotatable bonds is 3. The number of nitrogens with zero attached hydrogens (tertiary/aromatic N) is 1. The maximum atomic E-state index is 12.6.